The minimum absolute atomic E-state index is 0.0877. The number of carbonyl (C=O) groups excluding carboxylic acids is 1. The second kappa shape index (κ2) is 6.94. The van der Waals surface area contributed by atoms with Gasteiger partial charge in [0.2, 0.25) is 0 Å². The van der Waals surface area contributed by atoms with Crippen molar-refractivity contribution in [3.8, 4) is 5.75 Å². The number of carbonyl (C=O) groups is 1. The van der Waals surface area contributed by atoms with Crippen molar-refractivity contribution in [3.63, 3.8) is 0 Å². The summed E-state index contributed by atoms with van der Waals surface area (Å²) in [5.41, 5.74) is 1.41. The Kier molecular flexibility index (Phi) is 5.85. The van der Waals surface area contributed by atoms with Crippen molar-refractivity contribution in [1.82, 2.24) is 5.32 Å². The highest BCUT2D eigenvalue weighted by Crippen LogP contribution is 2.28. The van der Waals surface area contributed by atoms with E-state index >= 15 is 0 Å². The molecule has 0 radical (unpaired) electrons. The third-order valence-electron chi connectivity index (χ3n) is 3.87. The summed E-state index contributed by atoms with van der Waals surface area (Å²) in [5.74, 6) is 0.129. The third kappa shape index (κ3) is 3.96. The largest absolute Gasteiger partial charge is 0.508 e. The smallest absolute Gasteiger partial charge is 0.251 e. The zero-order valence-electron chi connectivity index (χ0n) is 11.8. The molecule has 0 bridgehead atoms. The lowest BCUT2D eigenvalue weighted by atomic mass is 9.84. The highest BCUT2D eigenvalue weighted by Gasteiger charge is 2.25. The summed E-state index contributed by atoms with van der Waals surface area (Å²) in [5, 5.41) is 13.3. The molecule has 0 atom stereocenters. The molecule has 0 aromatic heterocycles. The zero-order valence-corrected chi connectivity index (χ0v) is 13.4. The molecule has 1 aromatic rings. The van der Waals surface area contributed by atoms with Gasteiger partial charge in [0.1, 0.15) is 5.75 Å². The molecule has 0 unspecified atom stereocenters. The number of phenolic OH excluding ortho intramolecular Hbond substituents is 1. The maximum Gasteiger partial charge on any atom is 0.251 e. The first-order valence-electron chi connectivity index (χ1n) is 6.62. The number of rotatable bonds is 6. The average molecular weight is 328 g/mol. The highest BCUT2D eigenvalue weighted by atomic mass is 79.9. The lowest BCUT2D eigenvalue weighted by Gasteiger charge is -2.29. The molecule has 0 spiro atoms. The van der Waals surface area contributed by atoms with Crippen LogP contribution in [-0.2, 0) is 0 Å². The van der Waals surface area contributed by atoms with Crippen molar-refractivity contribution in [1.29, 1.82) is 0 Å². The minimum atomic E-state index is -0.0877. The van der Waals surface area contributed by atoms with Crippen LogP contribution in [-0.4, -0.2) is 22.9 Å². The molecular formula is C15H22BrNO2. The molecule has 0 aliphatic carbocycles. The van der Waals surface area contributed by atoms with Crippen molar-refractivity contribution in [2.75, 3.05) is 11.9 Å². The second-order valence-electron chi connectivity index (χ2n) is 5.02. The summed E-state index contributed by atoms with van der Waals surface area (Å²) in [4.78, 5) is 12.1. The van der Waals surface area contributed by atoms with Gasteiger partial charge in [0.25, 0.3) is 5.91 Å². The molecular weight excluding hydrogens is 306 g/mol. The van der Waals surface area contributed by atoms with Gasteiger partial charge in [-0.25, -0.2) is 0 Å². The van der Waals surface area contributed by atoms with Gasteiger partial charge in [-0.3, -0.25) is 4.79 Å². The molecule has 4 heteroatoms. The standard InChI is InChI=1S/C15H22BrNO2/c1-4-15(5-2,9-16)10-17-14(19)12-6-7-13(18)11(3)8-12/h6-8,18H,4-5,9-10H2,1-3H3,(H,17,19). The molecule has 19 heavy (non-hydrogen) atoms. The van der Waals surface area contributed by atoms with Crippen molar-refractivity contribution < 1.29 is 9.90 Å². The molecule has 1 rings (SSSR count). The summed E-state index contributed by atoms with van der Waals surface area (Å²) in [6, 6.07) is 4.91. The second-order valence-corrected chi connectivity index (χ2v) is 5.59. The van der Waals surface area contributed by atoms with Crippen LogP contribution in [0, 0.1) is 12.3 Å². The van der Waals surface area contributed by atoms with Crippen LogP contribution in [0.25, 0.3) is 0 Å². The lowest BCUT2D eigenvalue weighted by Crippen LogP contribution is -2.38. The number of halogens is 1. The van der Waals surface area contributed by atoms with Gasteiger partial charge in [-0.1, -0.05) is 29.8 Å². The van der Waals surface area contributed by atoms with E-state index in [1.807, 2.05) is 0 Å². The number of amides is 1. The van der Waals surface area contributed by atoms with Crippen LogP contribution in [0.15, 0.2) is 18.2 Å². The van der Waals surface area contributed by atoms with E-state index in [2.05, 4.69) is 35.1 Å². The van der Waals surface area contributed by atoms with Gasteiger partial charge < -0.3 is 10.4 Å². The van der Waals surface area contributed by atoms with E-state index in [0.717, 1.165) is 18.2 Å². The zero-order chi connectivity index (χ0) is 14.5. The highest BCUT2D eigenvalue weighted by molar-refractivity contribution is 9.09. The van der Waals surface area contributed by atoms with Crippen LogP contribution in [0.4, 0.5) is 0 Å². The van der Waals surface area contributed by atoms with Gasteiger partial charge in [0.05, 0.1) is 0 Å². The summed E-state index contributed by atoms with van der Waals surface area (Å²) < 4.78 is 0. The van der Waals surface area contributed by atoms with E-state index in [1.54, 1.807) is 25.1 Å². The van der Waals surface area contributed by atoms with Crippen molar-refractivity contribution in [2.45, 2.75) is 33.6 Å². The minimum Gasteiger partial charge on any atom is -0.508 e. The van der Waals surface area contributed by atoms with Crippen LogP contribution in [0.3, 0.4) is 0 Å². The number of benzene rings is 1. The number of phenols is 1. The van der Waals surface area contributed by atoms with Crippen LogP contribution >= 0.6 is 15.9 Å². The number of aryl methyl sites for hydroxylation is 1. The first-order valence-corrected chi connectivity index (χ1v) is 7.74. The molecule has 0 saturated heterocycles. The quantitative estimate of drug-likeness (QED) is 0.784. The van der Waals surface area contributed by atoms with Crippen LogP contribution in [0.1, 0.15) is 42.6 Å². The molecule has 106 valence electrons. The molecule has 0 aliphatic rings. The van der Waals surface area contributed by atoms with Gasteiger partial charge in [-0.2, -0.15) is 0 Å². The summed E-state index contributed by atoms with van der Waals surface area (Å²) >= 11 is 3.54. The van der Waals surface area contributed by atoms with Gasteiger partial charge >= 0.3 is 0 Å². The van der Waals surface area contributed by atoms with E-state index in [9.17, 15) is 9.90 Å². The van der Waals surface area contributed by atoms with Crippen molar-refractivity contribution in [3.05, 3.63) is 29.3 Å². The Morgan fingerprint density at radius 2 is 2.00 bits per heavy atom. The summed E-state index contributed by atoms with van der Waals surface area (Å²) in [6.45, 7) is 6.72. The van der Waals surface area contributed by atoms with Gasteiger partial charge in [0.15, 0.2) is 0 Å². The van der Waals surface area contributed by atoms with E-state index < -0.39 is 0 Å². The average Bonchev–Trinajstić information content (AvgIpc) is 2.43. The van der Waals surface area contributed by atoms with E-state index in [-0.39, 0.29) is 17.1 Å². The fraction of sp³-hybridized carbons (Fsp3) is 0.533. The number of nitrogens with one attached hydrogen (secondary N) is 1. The summed E-state index contributed by atoms with van der Waals surface area (Å²) in [7, 11) is 0. The Morgan fingerprint density at radius 3 is 2.47 bits per heavy atom. The topological polar surface area (TPSA) is 49.3 Å². The fourth-order valence-corrected chi connectivity index (χ4v) is 2.89. The van der Waals surface area contributed by atoms with Crippen LogP contribution < -0.4 is 5.32 Å². The van der Waals surface area contributed by atoms with Crippen molar-refractivity contribution >= 4 is 21.8 Å². The Labute approximate surface area is 123 Å². The maximum atomic E-state index is 12.1. The van der Waals surface area contributed by atoms with Crippen molar-refractivity contribution in [2.24, 2.45) is 5.41 Å². The number of hydrogen-bond acceptors (Lipinski definition) is 2. The molecule has 1 aromatic carbocycles. The maximum absolute atomic E-state index is 12.1. The number of aromatic hydroxyl groups is 1. The predicted octanol–water partition coefficient (Wildman–Crippen LogP) is 3.63. The Balaban J connectivity index is 2.72. The fourth-order valence-electron chi connectivity index (χ4n) is 1.90. The molecule has 0 heterocycles. The Hall–Kier alpha value is -1.03. The van der Waals surface area contributed by atoms with Gasteiger partial charge in [-0.05, 0) is 48.9 Å². The normalized spacial score (nSPS) is 11.4. The van der Waals surface area contributed by atoms with Crippen LogP contribution in [0.5, 0.6) is 5.75 Å². The molecule has 1 amide bonds. The number of hydrogen-bond donors (Lipinski definition) is 2. The molecule has 3 nitrogen and oxygen atoms in total. The lowest BCUT2D eigenvalue weighted by molar-refractivity contribution is 0.0932. The first kappa shape index (κ1) is 16.0. The van der Waals surface area contributed by atoms with Crippen LogP contribution in [0.2, 0.25) is 0 Å². The number of alkyl halides is 1. The van der Waals surface area contributed by atoms with Gasteiger partial charge in [-0.15, -0.1) is 0 Å². The van der Waals surface area contributed by atoms with E-state index in [0.29, 0.717) is 17.7 Å². The Bertz CT molecular complexity index is 434. The molecule has 2 N–H and O–H groups in total. The Morgan fingerprint density at radius 1 is 1.37 bits per heavy atom. The monoisotopic (exact) mass is 327 g/mol. The molecule has 0 aliphatic heterocycles. The molecule has 0 fully saturated rings. The first-order chi connectivity index (χ1) is 8.98. The SMILES string of the molecule is CCC(CC)(CBr)CNC(=O)c1ccc(O)c(C)c1. The van der Waals surface area contributed by atoms with E-state index in [1.165, 1.54) is 0 Å². The van der Waals surface area contributed by atoms with Gasteiger partial charge in [0, 0.05) is 17.4 Å². The summed E-state index contributed by atoms with van der Waals surface area (Å²) in [6.07, 6.45) is 2.03. The van der Waals surface area contributed by atoms with E-state index in [4.69, 9.17) is 0 Å². The predicted molar refractivity (Wildman–Crippen MR) is 82.0 cm³/mol. The third-order valence-corrected chi connectivity index (χ3v) is 5.06. The molecule has 0 saturated carbocycles.